The highest BCUT2D eigenvalue weighted by Gasteiger charge is 2.50. The van der Waals surface area contributed by atoms with Gasteiger partial charge < -0.3 is 0 Å². The molecule has 2 aromatic rings. The number of allylic oxidation sites excluding steroid dienone is 2. The lowest BCUT2D eigenvalue weighted by Gasteiger charge is -2.20. The summed E-state index contributed by atoms with van der Waals surface area (Å²) in [6.07, 6.45) is 0. The van der Waals surface area contributed by atoms with Crippen molar-refractivity contribution in [1.29, 1.82) is 0 Å². The summed E-state index contributed by atoms with van der Waals surface area (Å²) in [5.74, 6) is -7.04. The summed E-state index contributed by atoms with van der Waals surface area (Å²) < 4.78 is 56.0. The van der Waals surface area contributed by atoms with Gasteiger partial charge in [0.1, 0.15) is 0 Å². The van der Waals surface area contributed by atoms with Crippen LogP contribution in [0.3, 0.4) is 0 Å². The van der Waals surface area contributed by atoms with E-state index in [0.29, 0.717) is 0 Å². The molecule has 2 bridgehead atoms. The predicted molar refractivity (Wildman–Crippen MR) is 74.8 cm³/mol. The normalized spacial score (nSPS) is 21.1. The van der Waals surface area contributed by atoms with Crippen LogP contribution in [0, 0.1) is 23.3 Å². The molecule has 2 atom stereocenters. The van der Waals surface area contributed by atoms with Gasteiger partial charge in [-0.25, -0.2) is 17.6 Å². The third kappa shape index (κ3) is 1.38. The fourth-order valence-electron chi connectivity index (χ4n) is 3.97. The first-order valence-corrected chi connectivity index (χ1v) is 7.07. The van der Waals surface area contributed by atoms with Crippen LogP contribution < -0.4 is 0 Å². The quantitative estimate of drug-likeness (QED) is 0.272. The zero-order valence-corrected chi connectivity index (χ0v) is 12.0. The van der Waals surface area contributed by atoms with Crippen LogP contribution in [0.15, 0.2) is 35.4 Å². The minimum atomic E-state index is -1.73. The van der Waals surface area contributed by atoms with Crippen molar-refractivity contribution in [2.75, 3.05) is 0 Å². The van der Waals surface area contributed by atoms with E-state index < -0.39 is 35.1 Å². The molecule has 0 aromatic heterocycles. The van der Waals surface area contributed by atoms with E-state index in [0.717, 1.165) is 22.3 Å². The number of hydrogen-bond acceptors (Lipinski definition) is 0. The summed E-state index contributed by atoms with van der Waals surface area (Å²) in [7, 11) is 0. The molecule has 2 aliphatic rings. The molecule has 0 aliphatic heterocycles. The summed E-state index contributed by atoms with van der Waals surface area (Å²) in [4.78, 5) is 0. The van der Waals surface area contributed by atoms with Crippen LogP contribution in [0.2, 0.25) is 0 Å². The molecule has 2 aromatic carbocycles. The fourth-order valence-corrected chi connectivity index (χ4v) is 3.97. The first-order chi connectivity index (χ1) is 10.4. The molecule has 0 nitrogen and oxygen atoms in total. The van der Waals surface area contributed by atoms with Crippen LogP contribution in [0.1, 0.15) is 47.9 Å². The Hall–Kier alpha value is -2.10. The minimum absolute atomic E-state index is 0.0451. The Kier molecular flexibility index (Phi) is 2.60. The van der Waals surface area contributed by atoms with E-state index in [1.54, 1.807) is 0 Å². The third-order valence-corrected chi connectivity index (χ3v) is 4.74. The molecular formula is C18H12F4. The molecule has 2 aliphatic carbocycles. The van der Waals surface area contributed by atoms with Crippen molar-refractivity contribution in [1.82, 2.24) is 0 Å². The number of benzene rings is 2. The van der Waals surface area contributed by atoms with Crippen LogP contribution in [0.5, 0.6) is 0 Å². The lowest BCUT2D eigenvalue weighted by Crippen LogP contribution is -2.12. The molecule has 112 valence electrons. The first-order valence-electron chi connectivity index (χ1n) is 7.07. The summed E-state index contributed by atoms with van der Waals surface area (Å²) in [5, 5.41) is 0. The van der Waals surface area contributed by atoms with Crippen LogP contribution in [0.25, 0.3) is 0 Å². The molecule has 0 amide bonds. The van der Waals surface area contributed by atoms with Crippen molar-refractivity contribution in [3.05, 3.63) is 80.9 Å². The number of halogens is 4. The SMILES string of the molecule is CC(C)=C1C2c3ccccc3C1c1c(F)c(F)c(F)c(F)c12. The molecule has 0 spiro atoms. The van der Waals surface area contributed by atoms with Crippen LogP contribution >= 0.6 is 0 Å². The van der Waals surface area contributed by atoms with Crippen molar-refractivity contribution < 1.29 is 17.6 Å². The van der Waals surface area contributed by atoms with Gasteiger partial charge in [0.15, 0.2) is 23.3 Å². The zero-order valence-electron chi connectivity index (χ0n) is 12.0. The highest BCUT2D eigenvalue weighted by atomic mass is 19.2. The molecule has 0 radical (unpaired) electrons. The van der Waals surface area contributed by atoms with Crippen LogP contribution in [0.4, 0.5) is 17.6 Å². The van der Waals surface area contributed by atoms with E-state index in [1.165, 1.54) is 0 Å². The molecule has 0 heterocycles. The van der Waals surface area contributed by atoms with E-state index in [-0.39, 0.29) is 11.1 Å². The fraction of sp³-hybridized carbons (Fsp3) is 0.222. The molecule has 0 saturated carbocycles. The smallest absolute Gasteiger partial charge is 0.197 e. The van der Waals surface area contributed by atoms with Gasteiger partial charge >= 0.3 is 0 Å². The highest BCUT2D eigenvalue weighted by molar-refractivity contribution is 5.70. The van der Waals surface area contributed by atoms with Crippen LogP contribution in [-0.2, 0) is 0 Å². The average Bonchev–Trinajstić information content (AvgIpc) is 3.03. The van der Waals surface area contributed by atoms with Crippen molar-refractivity contribution in [3.8, 4) is 0 Å². The maximum Gasteiger partial charge on any atom is 0.197 e. The molecule has 0 saturated heterocycles. The summed E-state index contributed by atoms with van der Waals surface area (Å²) in [5.41, 5.74) is 3.36. The second-order valence-electron chi connectivity index (χ2n) is 6.03. The van der Waals surface area contributed by atoms with Gasteiger partial charge in [0.25, 0.3) is 0 Å². The Morgan fingerprint density at radius 1 is 0.727 bits per heavy atom. The Balaban J connectivity index is 2.16. The predicted octanol–water partition coefficient (Wildman–Crippen LogP) is 5.17. The lowest BCUT2D eigenvalue weighted by molar-refractivity contribution is 0.400. The number of fused-ring (bicyclic) bond motifs is 8. The molecule has 22 heavy (non-hydrogen) atoms. The largest absolute Gasteiger partial charge is 0.203 e. The van der Waals surface area contributed by atoms with Gasteiger partial charge in [0.2, 0.25) is 0 Å². The van der Waals surface area contributed by atoms with Gasteiger partial charge in [0, 0.05) is 23.0 Å². The maximum atomic E-state index is 14.3. The van der Waals surface area contributed by atoms with Gasteiger partial charge in [-0.1, -0.05) is 29.8 Å². The summed E-state index contributed by atoms with van der Waals surface area (Å²) in [6, 6.07) is 7.31. The van der Waals surface area contributed by atoms with E-state index in [1.807, 2.05) is 38.1 Å². The van der Waals surface area contributed by atoms with Gasteiger partial charge in [0.05, 0.1) is 0 Å². The average molecular weight is 304 g/mol. The van der Waals surface area contributed by atoms with Crippen molar-refractivity contribution in [2.45, 2.75) is 25.7 Å². The number of hydrogen-bond donors (Lipinski definition) is 0. The Labute approximate surface area is 125 Å². The van der Waals surface area contributed by atoms with E-state index >= 15 is 0 Å². The topological polar surface area (TPSA) is 0 Å². The number of rotatable bonds is 0. The monoisotopic (exact) mass is 304 g/mol. The van der Waals surface area contributed by atoms with Gasteiger partial charge in [-0.3, -0.25) is 0 Å². The first kappa shape index (κ1) is 13.6. The van der Waals surface area contributed by atoms with Gasteiger partial charge in [-0.15, -0.1) is 0 Å². The van der Waals surface area contributed by atoms with Crippen molar-refractivity contribution in [3.63, 3.8) is 0 Å². The molecule has 4 heteroatoms. The van der Waals surface area contributed by atoms with Gasteiger partial charge in [-0.2, -0.15) is 0 Å². The molecule has 2 unspecified atom stereocenters. The van der Waals surface area contributed by atoms with Gasteiger partial charge in [-0.05, 0) is 30.5 Å². The standard InChI is InChI=1S/C18H12F4/c1-7(2)10-11-8-5-3-4-6-9(8)12(10)14-13(11)15(19)17(21)18(22)16(14)20/h3-6,11-12H,1-2H3. The van der Waals surface area contributed by atoms with Crippen molar-refractivity contribution >= 4 is 0 Å². The Morgan fingerprint density at radius 3 is 1.50 bits per heavy atom. The Bertz CT molecular complexity index is 796. The molecular weight excluding hydrogens is 292 g/mol. The minimum Gasteiger partial charge on any atom is -0.203 e. The Morgan fingerprint density at radius 2 is 1.14 bits per heavy atom. The van der Waals surface area contributed by atoms with E-state index in [9.17, 15) is 17.6 Å². The lowest BCUT2D eigenvalue weighted by atomic mass is 9.85. The maximum absolute atomic E-state index is 14.3. The van der Waals surface area contributed by atoms with E-state index in [4.69, 9.17) is 0 Å². The summed E-state index contributed by atoms with van der Waals surface area (Å²) in [6.45, 7) is 3.71. The summed E-state index contributed by atoms with van der Waals surface area (Å²) >= 11 is 0. The van der Waals surface area contributed by atoms with Crippen molar-refractivity contribution in [2.24, 2.45) is 0 Å². The molecule has 0 N–H and O–H groups in total. The zero-order chi connectivity index (χ0) is 15.8. The molecule has 4 rings (SSSR count). The molecule has 0 fully saturated rings. The van der Waals surface area contributed by atoms with E-state index in [2.05, 4.69) is 0 Å². The second-order valence-corrected chi connectivity index (χ2v) is 6.03. The second kappa shape index (κ2) is 4.22. The van der Waals surface area contributed by atoms with Crippen LogP contribution in [-0.4, -0.2) is 0 Å². The third-order valence-electron chi connectivity index (χ3n) is 4.74. The highest BCUT2D eigenvalue weighted by Crippen LogP contribution is 2.62.